The summed E-state index contributed by atoms with van der Waals surface area (Å²) < 4.78 is 11.2. The molecule has 1 aromatic carbocycles. The number of amides is 1. The second-order valence-electron chi connectivity index (χ2n) is 6.08. The monoisotopic (exact) mass is 361 g/mol. The van der Waals surface area contributed by atoms with Crippen LogP contribution in [0, 0.1) is 0 Å². The molecule has 1 amide bonds. The fourth-order valence-corrected chi connectivity index (χ4v) is 3.31. The summed E-state index contributed by atoms with van der Waals surface area (Å²) in [6.45, 7) is 2.80. The summed E-state index contributed by atoms with van der Waals surface area (Å²) in [5, 5.41) is 4.51. The Labute approximate surface area is 152 Å². The van der Waals surface area contributed by atoms with E-state index in [1.54, 1.807) is 0 Å². The minimum atomic E-state index is -0.374. The zero-order chi connectivity index (χ0) is 17.6. The third-order valence-electron chi connectivity index (χ3n) is 4.33. The number of hydrogen-bond acceptors (Lipinski definition) is 4. The number of thiocarbonyl (C=S) groups is 1. The van der Waals surface area contributed by atoms with Crippen LogP contribution in [0.2, 0.25) is 0 Å². The highest BCUT2D eigenvalue weighted by Gasteiger charge is 2.21. The molecule has 1 aromatic heterocycles. The lowest BCUT2D eigenvalue weighted by Crippen LogP contribution is -2.49. The highest BCUT2D eigenvalue weighted by Crippen LogP contribution is 2.26. The van der Waals surface area contributed by atoms with Crippen molar-refractivity contribution in [3.8, 4) is 0 Å². The van der Waals surface area contributed by atoms with E-state index >= 15 is 0 Å². The molecule has 1 fully saturated rings. The van der Waals surface area contributed by atoms with E-state index in [4.69, 9.17) is 21.4 Å². The molecular formula is C18H23N3O3S. The molecule has 0 spiro atoms. The second kappa shape index (κ2) is 8.31. The van der Waals surface area contributed by atoms with E-state index in [0.29, 0.717) is 30.0 Å². The normalized spacial score (nSPS) is 14.6. The van der Waals surface area contributed by atoms with E-state index in [1.807, 2.05) is 31.2 Å². The minimum absolute atomic E-state index is 0.241. The van der Waals surface area contributed by atoms with Crippen LogP contribution in [0.5, 0.6) is 0 Å². The number of para-hydroxylation sites is 1. The van der Waals surface area contributed by atoms with Gasteiger partial charge in [-0.1, -0.05) is 31.0 Å². The molecule has 1 saturated carbocycles. The molecule has 3 rings (SSSR count). The number of fused-ring (bicyclic) bond motifs is 1. The third kappa shape index (κ3) is 4.29. The smallest absolute Gasteiger partial charge is 0.305 e. The first-order valence-corrected chi connectivity index (χ1v) is 9.05. The SMILES string of the molecule is CCOCc1c(C(=O)NNC(=S)NC2CCCC2)oc2ccccc12. The van der Waals surface area contributed by atoms with Crippen LogP contribution in [0.3, 0.4) is 0 Å². The number of carbonyl (C=O) groups excluding carboxylic acids is 1. The summed E-state index contributed by atoms with van der Waals surface area (Å²) in [4.78, 5) is 12.5. The van der Waals surface area contributed by atoms with Gasteiger partial charge in [0, 0.05) is 23.6 Å². The van der Waals surface area contributed by atoms with Crippen LogP contribution >= 0.6 is 12.2 Å². The average molecular weight is 361 g/mol. The lowest BCUT2D eigenvalue weighted by atomic mass is 10.1. The number of furan rings is 1. The van der Waals surface area contributed by atoms with E-state index < -0.39 is 0 Å². The van der Waals surface area contributed by atoms with E-state index in [-0.39, 0.29) is 11.7 Å². The largest absolute Gasteiger partial charge is 0.450 e. The van der Waals surface area contributed by atoms with Crippen molar-refractivity contribution in [3.63, 3.8) is 0 Å². The van der Waals surface area contributed by atoms with E-state index in [9.17, 15) is 4.79 Å². The van der Waals surface area contributed by atoms with Gasteiger partial charge in [0.15, 0.2) is 10.9 Å². The van der Waals surface area contributed by atoms with E-state index in [2.05, 4.69) is 16.2 Å². The third-order valence-corrected chi connectivity index (χ3v) is 4.55. The maximum Gasteiger partial charge on any atom is 0.305 e. The number of carbonyl (C=O) groups is 1. The lowest BCUT2D eigenvalue weighted by molar-refractivity contribution is 0.0905. The number of nitrogens with one attached hydrogen (secondary N) is 3. The van der Waals surface area contributed by atoms with Gasteiger partial charge in [-0.15, -0.1) is 0 Å². The molecule has 3 N–H and O–H groups in total. The quantitative estimate of drug-likeness (QED) is 0.561. The van der Waals surface area contributed by atoms with Gasteiger partial charge in [0.25, 0.3) is 0 Å². The fraction of sp³-hybridized carbons (Fsp3) is 0.444. The van der Waals surface area contributed by atoms with Crippen molar-refractivity contribution in [2.24, 2.45) is 0 Å². The van der Waals surface area contributed by atoms with Crippen molar-refractivity contribution in [2.45, 2.75) is 45.3 Å². The Bertz CT molecular complexity index is 753. The summed E-state index contributed by atoms with van der Waals surface area (Å²) in [6, 6.07) is 7.92. The van der Waals surface area contributed by atoms with Gasteiger partial charge in [0.2, 0.25) is 0 Å². The van der Waals surface area contributed by atoms with Crippen LogP contribution in [0.25, 0.3) is 11.0 Å². The number of hydrogen-bond donors (Lipinski definition) is 3. The lowest BCUT2D eigenvalue weighted by Gasteiger charge is -2.15. The second-order valence-corrected chi connectivity index (χ2v) is 6.49. The van der Waals surface area contributed by atoms with Gasteiger partial charge in [-0.25, -0.2) is 0 Å². The van der Waals surface area contributed by atoms with Crippen LogP contribution in [0.1, 0.15) is 48.7 Å². The maximum absolute atomic E-state index is 12.5. The molecule has 0 unspecified atom stereocenters. The van der Waals surface area contributed by atoms with Crippen molar-refractivity contribution in [2.75, 3.05) is 6.61 Å². The van der Waals surface area contributed by atoms with Crippen molar-refractivity contribution in [1.29, 1.82) is 0 Å². The zero-order valence-corrected chi connectivity index (χ0v) is 15.1. The Hall–Kier alpha value is -2.12. The van der Waals surface area contributed by atoms with Crippen molar-refractivity contribution in [1.82, 2.24) is 16.2 Å². The number of rotatable bonds is 5. The molecule has 1 aliphatic rings. The first kappa shape index (κ1) is 17.7. The van der Waals surface area contributed by atoms with Gasteiger partial charge in [-0.05, 0) is 38.0 Å². The Morgan fingerprint density at radius 1 is 1.28 bits per heavy atom. The fourth-order valence-electron chi connectivity index (χ4n) is 3.09. The van der Waals surface area contributed by atoms with Crippen LogP contribution in [0.15, 0.2) is 28.7 Å². The highest BCUT2D eigenvalue weighted by molar-refractivity contribution is 7.80. The number of ether oxygens (including phenoxy) is 1. The predicted octanol–water partition coefficient (Wildman–Crippen LogP) is 3.02. The summed E-state index contributed by atoms with van der Waals surface area (Å²) in [6.07, 6.45) is 4.65. The molecule has 0 atom stereocenters. The van der Waals surface area contributed by atoms with E-state index in [0.717, 1.165) is 23.8 Å². The topological polar surface area (TPSA) is 75.5 Å². The molecule has 134 valence electrons. The van der Waals surface area contributed by atoms with E-state index in [1.165, 1.54) is 12.8 Å². The molecular weight excluding hydrogens is 338 g/mol. The molecule has 0 bridgehead atoms. The standard InChI is InChI=1S/C18H23N3O3S/c1-2-23-11-14-13-9-5-6-10-15(13)24-16(14)17(22)20-21-18(25)19-12-7-3-4-8-12/h5-6,9-10,12H,2-4,7-8,11H2,1H3,(H,20,22)(H2,19,21,25). The number of hydrazine groups is 1. The first-order chi connectivity index (χ1) is 12.2. The minimum Gasteiger partial charge on any atom is -0.450 e. The Morgan fingerprint density at radius 2 is 2.04 bits per heavy atom. The molecule has 0 radical (unpaired) electrons. The summed E-state index contributed by atoms with van der Waals surface area (Å²) in [7, 11) is 0. The van der Waals surface area contributed by atoms with Crippen LogP contribution in [-0.2, 0) is 11.3 Å². The van der Waals surface area contributed by atoms with Crippen molar-refractivity contribution in [3.05, 3.63) is 35.6 Å². The molecule has 6 nitrogen and oxygen atoms in total. The van der Waals surface area contributed by atoms with Gasteiger partial charge in [0.1, 0.15) is 5.58 Å². The number of benzene rings is 1. The van der Waals surface area contributed by atoms with Crippen molar-refractivity contribution >= 4 is 34.2 Å². The average Bonchev–Trinajstić information content (AvgIpc) is 3.25. The highest BCUT2D eigenvalue weighted by atomic mass is 32.1. The Kier molecular flexibility index (Phi) is 5.88. The first-order valence-electron chi connectivity index (χ1n) is 8.64. The zero-order valence-electron chi connectivity index (χ0n) is 14.3. The van der Waals surface area contributed by atoms with Gasteiger partial charge >= 0.3 is 5.91 Å². The molecule has 25 heavy (non-hydrogen) atoms. The van der Waals surface area contributed by atoms with Crippen LogP contribution < -0.4 is 16.2 Å². The van der Waals surface area contributed by atoms with Crippen LogP contribution in [0.4, 0.5) is 0 Å². The molecule has 2 aromatic rings. The van der Waals surface area contributed by atoms with Gasteiger partial charge in [0.05, 0.1) is 6.61 Å². The summed E-state index contributed by atoms with van der Waals surface area (Å²) in [5.41, 5.74) is 6.77. The molecule has 0 saturated heterocycles. The van der Waals surface area contributed by atoms with Gasteiger partial charge in [-0.3, -0.25) is 15.6 Å². The maximum atomic E-state index is 12.5. The Balaban J connectivity index is 1.67. The summed E-state index contributed by atoms with van der Waals surface area (Å²) in [5.74, 6) is -0.132. The predicted molar refractivity (Wildman–Crippen MR) is 100 cm³/mol. The molecule has 0 aliphatic heterocycles. The van der Waals surface area contributed by atoms with Crippen molar-refractivity contribution < 1.29 is 13.9 Å². The van der Waals surface area contributed by atoms with Crippen LogP contribution in [-0.4, -0.2) is 23.7 Å². The Morgan fingerprint density at radius 3 is 2.80 bits per heavy atom. The van der Waals surface area contributed by atoms with Gasteiger partial charge in [-0.2, -0.15) is 0 Å². The summed E-state index contributed by atoms with van der Waals surface area (Å²) >= 11 is 5.23. The molecule has 7 heteroatoms. The molecule has 1 aliphatic carbocycles. The van der Waals surface area contributed by atoms with Gasteiger partial charge < -0.3 is 14.5 Å². The molecule has 1 heterocycles.